The fraction of sp³-hybridized carbons (Fsp3) is 0.286. The minimum absolute atomic E-state index is 0.0745. The zero-order chi connectivity index (χ0) is 13.8. The molecule has 1 aromatic carbocycles. The maximum atomic E-state index is 14.0. The van der Waals surface area contributed by atoms with Crippen LogP contribution >= 0.6 is 27.3 Å². The number of nitrogens with one attached hydrogen (secondary N) is 1. The molecule has 102 valence electrons. The first kappa shape index (κ1) is 14.6. The molecule has 0 saturated heterocycles. The molecule has 2 rings (SSSR count). The lowest BCUT2D eigenvalue weighted by Crippen LogP contribution is -2.23. The molecule has 1 aromatic heterocycles. The second kappa shape index (κ2) is 6.59. The Hall–Kier alpha value is -0.780. The lowest BCUT2D eigenvalue weighted by atomic mass is 10.0. The topological polar surface area (TPSA) is 12.0 Å². The summed E-state index contributed by atoms with van der Waals surface area (Å²) in [5.74, 6) is -1.02. The van der Waals surface area contributed by atoms with Gasteiger partial charge >= 0.3 is 0 Å². The Balaban J connectivity index is 2.30. The highest BCUT2D eigenvalue weighted by Crippen LogP contribution is 2.27. The van der Waals surface area contributed by atoms with Gasteiger partial charge in [0.1, 0.15) is 11.6 Å². The van der Waals surface area contributed by atoms with Gasteiger partial charge in [-0.2, -0.15) is 11.3 Å². The van der Waals surface area contributed by atoms with Gasteiger partial charge in [-0.05, 0) is 63.4 Å². The van der Waals surface area contributed by atoms with E-state index in [-0.39, 0.29) is 11.6 Å². The van der Waals surface area contributed by atoms with Gasteiger partial charge in [0, 0.05) is 11.6 Å². The van der Waals surface area contributed by atoms with Gasteiger partial charge in [0.05, 0.1) is 4.47 Å². The Labute approximate surface area is 123 Å². The van der Waals surface area contributed by atoms with Crippen molar-refractivity contribution >= 4 is 27.3 Å². The fourth-order valence-electron chi connectivity index (χ4n) is 1.99. The summed E-state index contributed by atoms with van der Waals surface area (Å²) in [4.78, 5) is 0. The number of hydrogen-bond acceptors (Lipinski definition) is 2. The smallest absolute Gasteiger partial charge is 0.143 e. The van der Waals surface area contributed by atoms with Crippen LogP contribution in [0.5, 0.6) is 0 Å². The minimum Gasteiger partial charge on any atom is -0.310 e. The van der Waals surface area contributed by atoms with Gasteiger partial charge in [0.2, 0.25) is 0 Å². The molecule has 1 unspecified atom stereocenters. The summed E-state index contributed by atoms with van der Waals surface area (Å²) in [5.41, 5.74) is 1.18. The van der Waals surface area contributed by atoms with Crippen LogP contribution in [0, 0.1) is 11.6 Å². The number of benzene rings is 1. The van der Waals surface area contributed by atoms with Crippen LogP contribution in [-0.4, -0.2) is 6.54 Å². The number of likely N-dealkylation sites (N-methyl/N-ethyl adjacent to an activating group) is 1. The molecule has 1 atom stereocenters. The van der Waals surface area contributed by atoms with E-state index in [1.165, 1.54) is 12.1 Å². The van der Waals surface area contributed by atoms with E-state index in [9.17, 15) is 8.78 Å². The first-order valence-corrected chi connectivity index (χ1v) is 7.75. The minimum atomic E-state index is -0.516. The van der Waals surface area contributed by atoms with Gasteiger partial charge in [-0.3, -0.25) is 0 Å². The molecule has 0 aliphatic heterocycles. The van der Waals surface area contributed by atoms with Crippen molar-refractivity contribution in [1.82, 2.24) is 5.32 Å². The lowest BCUT2D eigenvalue weighted by molar-refractivity contribution is 0.498. The van der Waals surface area contributed by atoms with E-state index < -0.39 is 11.6 Å². The monoisotopic (exact) mass is 345 g/mol. The molecule has 0 aliphatic rings. The van der Waals surface area contributed by atoms with E-state index >= 15 is 0 Å². The van der Waals surface area contributed by atoms with Crippen molar-refractivity contribution in [2.75, 3.05) is 6.54 Å². The van der Waals surface area contributed by atoms with Gasteiger partial charge in [-0.25, -0.2) is 8.78 Å². The van der Waals surface area contributed by atoms with Crippen LogP contribution in [0.4, 0.5) is 8.78 Å². The molecule has 5 heteroatoms. The second-order valence-electron chi connectivity index (χ2n) is 4.19. The summed E-state index contributed by atoms with van der Waals surface area (Å²) in [6.07, 6.45) is 0.293. The van der Waals surface area contributed by atoms with E-state index in [0.29, 0.717) is 10.9 Å². The first-order valence-electron chi connectivity index (χ1n) is 6.01. The third-order valence-electron chi connectivity index (χ3n) is 2.94. The summed E-state index contributed by atoms with van der Waals surface area (Å²) < 4.78 is 28.1. The molecular formula is C14H14BrF2NS. The van der Waals surface area contributed by atoms with Crippen LogP contribution < -0.4 is 5.32 Å². The van der Waals surface area contributed by atoms with Crippen molar-refractivity contribution in [2.24, 2.45) is 0 Å². The van der Waals surface area contributed by atoms with Crippen LogP contribution in [-0.2, 0) is 6.42 Å². The van der Waals surface area contributed by atoms with Crippen molar-refractivity contribution in [3.63, 3.8) is 0 Å². The quantitative estimate of drug-likeness (QED) is 0.775. The molecular weight excluding hydrogens is 332 g/mol. The molecule has 19 heavy (non-hydrogen) atoms. The van der Waals surface area contributed by atoms with Crippen molar-refractivity contribution in [2.45, 2.75) is 19.4 Å². The Morgan fingerprint density at radius 2 is 2.11 bits per heavy atom. The molecule has 0 radical (unpaired) electrons. The van der Waals surface area contributed by atoms with Crippen LogP contribution in [0.1, 0.15) is 24.1 Å². The maximum absolute atomic E-state index is 14.0. The van der Waals surface area contributed by atoms with E-state index in [2.05, 4.69) is 21.2 Å². The number of thiophene rings is 1. The molecule has 2 aromatic rings. The Morgan fingerprint density at radius 1 is 1.32 bits per heavy atom. The average molecular weight is 346 g/mol. The van der Waals surface area contributed by atoms with Crippen molar-refractivity contribution < 1.29 is 8.78 Å². The Kier molecular flexibility index (Phi) is 5.07. The molecule has 1 N–H and O–H groups in total. The number of rotatable bonds is 5. The molecule has 0 saturated carbocycles. The molecule has 0 amide bonds. The van der Waals surface area contributed by atoms with Gasteiger partial charge in [-0.1, -0.05) is 6.92 Å². The summed E-state index contributed by atoms with van der Waals surface area (Å²) in [5, 5.41) is 7.23. The number of halogens is 3. The first-order chi connectivity index (χ1) is 9.13. The highest BCUT2D eigenvalue weighted by molar-refractivity contribution is 9.10. The summed E-state index contributed by atoms with van der Waals surface area (Å²) in [7, 11) is 0. The summed E-state index contributed by atoms with van der Waals surface area (Å²) in [6, 6.07) is 4.58. The third-order valence-corrected chi connectivity index (χ3v) is 4.26. The second-order valence-corrected chi connectivity index (χ2v) is 5.83. The summed E-state index contributed by atoms with van der Waals surface area (Å²) >= 11 is 4.68. The largest absolute Gasteiger partial charge is 0.310 e. The van der Waals surface area contributed by atoms with Crippen LogP contribution in [0.15, 0.2) is 33.4 Å². The highest BCUT2D eigenvalue weighted by Gasteiger charge is 2.18. The lowest BCUT2D eigenvalue weighted by Gasteiger charge is -2.18. The van der Waals surface area contributed by atoms with Crippen molar-refractivity contribution in [3.8, 4) is 0 Å². The molecule has 1 nitrogen and oxygen atoms in total. The zero-order valence-corrected chi connectivity index (χ0v) is 12.8. The predicted octanol–water partition coefficient (Wildman–Crippen LogP) is 4.68. The fourth-order valence-corrected chi connectivity index (χ4v) is 3.07. The van der Waals surface area contributed by atoms with E-state index in [1.807, 2.05) is 23.8 Å². The Morgan fingerprint density at radius 3 is 2.74 bits per heavy atom. The average Bonchev–Trinajstić information content (AvgIpc) is 2.92. The van der Waals surface area contributed by atoms with Gasteiger partial charge in [-0.15, -0.1) is 0 Å². The predicted molar refractivity (Wildman–Crippen MR) is 78.5 cm³/mol. The SMILES string of the molecule is CCNC(Cc1c(F)ccc(Br)c1F)c1ccsc1. The summed E-state index contributed by atoms with van der Waals surface area (Å²) in [6.45, 7) is 2.73. The van der Waals surface area contributed by atoms with E-state index in [4.69, 9.17) is 0 Å². The third kappa shape index (κ3) is 3.41. The highest BCUT2D eigenvalue weighted by atomic mass is 79.9. The van der Waals surface area contributed by atoms with E-state index in [1.54, 1.807) is 11.3 Å². The Bertz CT molecular complexity index is 543. The van der Waals surface area contributed by atoms with Crippen LogP contribution in [0.2, 0.25) is 0 Å². The van der Waals surface area contributed by atoms with E-state index in [0.717, 1.165) is 12.1 Å². The molecule has 0 aliphatic carbocycles. The van der Waals surface area contributed by atoms with Crippen molar-refractivity contribution in [3.05, 3.63) is 56.2 Å². The van der Waals surface area contributed by atoms with Gasteiger partial charge in [0.15, 0.2) is 0 Å². The van der Waals surface area contributed by atoms with Crippen molar-refractivity contribution in [1.29, 1.82) is 0 Å². The molecule has 0 spiro atoms. The zero-order valence-electron chi connectivity index (χ0n) is 10.4. The number of hydrogen-bond donors (Lipinski definition) is 1. The van der Waals surface area contributed by atoms with Crippen LogP contribution in [0.3, 0.4) is 0 Å². The van der Waals surface area contributed by atoms with Crippen LogP contribution in [0.25, 0.3) is 0 Å². The molecule has 0 bridgehead atoms. The standard InChI is InChI=1S/C14H14BrF2NS/c1-2-18-13(9-5-6-19-8-9)7-10-12(16)4-3-11(15)14(10)17/h3-6,8,13,18H,2,7H2,1H3. The van der Waals surface area contributed by atoms with Gasteiger partial charge < -0.3 is 5.32 Å². The maximum Gasteiger partial charge on any atom is 0.143 e. The molecule has 1 heterocycles. The molecule has 0 fully saturated rings. The normalized spacial score (nSPS) is 12.6. The van der Waals surface area contributed by atoms with Gasteiger partial charge in [0.25, 0.3) is 0 Å².